The van der Waals surface area contributed by atoms with Gasteiger partial charge in [-0.05, 0) is 63.1 Å². The Morgan fingerprint density at radius 3 is 2.50 bits per heavy atom. The highest BCUT2D eigenvalue weighted by molar-refractivity contribution is 8.00. The second-order valence-electron chi connectivity index (χ2n) is 6.86. The number of rotatable bonds is 8. The monoisotopic (exact) mass is 425 g/mol. The van der Waals surface area contributed by atoms with Crippen molar-refractivity contribution in [1.82, 2.24) is 9.55 Å². The van der Waals surface area contributed by atoms with Crippen molar-refractivity contribution in [1.29, 1.82) is 0 Å². The maximum Gasteiger partial charge on any atom is 0.338 e. The zero-order valence-electron chi connectivity index (χ0n) is 17.8. The smallest absolute Gasteiger partial charge is 0.338 e. The topological polar surface area (TPSA) is 73.2 Å². The lowest BCUT2D eigenvalue weighted by Crippen LogP contribution is -2.22. The number of carbonyl (C=O) groups excluding carboxylic acids is 2. The number of esters is 1. The van der Waals surface area contributed by atoms with Gasteiger partial charge in [-0.2, -0.15) is 0 Å². The first-order valence-electron chi connectivity index (χ1n) is 10.2. The van der Waals surface area contributed by atoms with Gasteiger partial charge in [-0.1, -0.05) is 30.8 Å². The van der Waals surface area contributed by atoms with E-state index >= 15 is 0 Å². The maximum atomic E-state index is 12.7. The molecule has 30 heavy (non-hydrogen) atoms. The van der Waals surface area contributed by atoms with Crippen molar-refractivity contribution in [2.75, 3.05) is 11.9 Å². The normalized spacial score (nSPS) is 12.0. The number of benzene rings is 2. The number of fused-ring (bicyclic) bond motifs is 1. The number of imidazole rings is 1. The number of nitrogens with one attached hydrogen (secondary N) is 1. The Bertz CT molecular complexity index is 1040. The van der Waals surface area contributed by atoms with Gasteiger partial charge >= 0.3 is 5.97 Å². The molecule has 1 amide bonds. The molecule has 3 aromatic rings. The van der Waals surface area contributed by atoms with E-state index in [4.69, 9.17) is 4.74 Å². The van der Waals surface area contributed by atoms with Crippen LogP contribution < -0.4 is 5.32 Å². The van der Waals surface area contributed by atoms with Crippen LogP contribution in [0.15, 0.2) is 47.6 Å². The van der Waals surface area contributed by atoms with Gasteiger partial charge in [0.15, 0.2) is 5.16 Å². The van der Waals surface area contributed by atoms with Gasteiger partial charge in [-0.3, -0.25) is 4.79 Å². The predicted molar refractivity (Wildman–Crippen MR) is 121 cm³/mol. The van der Waals surface area contributed by atoms with E-state index in [-0.39, 0.29) is 17.1 Å². The highest BCUT2D eigenvalue weighted by atomic mass is 32.2. The number of hydrogen-bond donors (Lipinski definition) is 1. The number of hydrogen-bond acceptors (Lipinski definition) is 5. The fourth-order valence-electron chi connectivity index (χ4n) is 3.12. The summed E-state index contributed by atoms with van der Waals surface area (Å²) in [5.74, 6) is -0.437. The first kappa shape index (κ1) is 21.9. The van der Waals surface area contributed by atoms with Crippen LogP contribution in [0.5, 0.6) is 0 Å². The molecule has 3 rings (SSSR count). The van der Waals surface area contributed by atoms with Crippen LogP contribution >= 0.6 is 11.8 Å². The second kappa shape index (κ2) is 9.80. The molecule has 158 valence electrons. The molecule has 7 heteroatoms. The first-order valence-corrected chi connectivity index (χ1v) is 11.1. The van der Waals surface area contributed by atoms with Crippen LogP contribution in [0.3, 0.4) is 0 Å². The molecular formula is C23H27N3O3S. The van der Waals surface area contributed by atoms with Gasteiger partial charge in [-0.15, -0.1) is 0 Å². The minimum absolute atomic E-state index is 0.0776. The zero-order chi connectivity index (χ0) is 21.7. The van der Waals surface area contributed by atoms with Crippen molar-refractivity contribution in [3.8, 4) is 0 Å². The number of thioether (sulfide) groups is 1. The lowest BCUT2D eigenvalue weighted by Gasteiger charge is -2.13. The van der Waals surface area contributed by atoms with E-state index in [1.54, 1.807) is 19.1 Å². The molecule has 0 bridgehead atoms. The molecule has 6 nitrogen and oxygen atoms in total. The number of carbonyl (C=O) groups is 2. The van der Waals surface area contributed by atoms with Gasteiger partial charge in [0.1, 0.15) is 0 Å². The molecule has 0 aliphatic carbocycles. The fraction of sp³-hybridized carbons (Fsp3) is 0.348. The molecule has 0 spiro atoms. The van der Waals surface area contributed by atoms with Gasteiger partial charge in [0.2, 0.25) is 5.91 Å². The maximum absolute atomic E-state index is 12.7. The number of amides is 1. The number of aryl methyl sites for hydroxylation is 2. The number of anilines is 1. The lowest BCUT2D eigenvalue weighted by molar-refractivity contribution is -0.115. The highest BCUT2D eigenvalue weighted by Crippen LogP contribution is 2.28. The Morgan fingerprint density at radius 2 is 1.87 bits per heavy atom. The molecule has 0 radical (unpaired) electrons. The number of ether oxygens (including phenoxy) is 1. The molecule has 0 saturated carbocycles. The summed E-state index contributed by atoms with van der Waals surface area (Å²) in [5.41, 5.74) is 4.13. The van der Waals surface area contributed by atoms with E-state index in [1.165, 1.54) is 17.3 Å². The molecule has 0 fully saturated rings. The summed E-state index contributed by atoms with van der Waals surface area (Å²) < 4.78 is 7.13. The van der Waals surface area contributed by atoms with Gasteiger partial charge in [0.05, 0.1) is 28.5 Å². The summed E-state index contributed by atoms with van der Waals surface area (Å²) in [5, 5.41) is 3.38. The summed E-state index contributed by atoms with van der Waals surface area (Å²) >= 11 is 1.40. The van der Waals surface area contributed by atoms with Crippen molar-refractivity contribution < 1.29 is 14.3 Å². The van der Waals surface area contributed by atoms with Crippen LogP contribution in [0, 0.1) is 0 Å². The van der Waals surface area contributed by atoms with E-state index in [1.807, 2.05) is 44.2 Å². The standard InChI is InChI=1S/C23H27N3O3S/c1-5-16-8-11-18(12-9-16)24-21(27)15(4)30-23-25-19-14-17(22(28)29-7-3)10-13-20(19)26(23)6-2/h8-15H,5-7H2,1-4H3,(H,24,27). The van der Waals surface area contributed by atoms with Crippen molar-refractivity contribution in [3.63, 3.8) is 0 Å². The van der Waals surface area contributed by atoms with Crippen molar-refractivity contribution >= 4 is 40.4 Å². The van der Waals surface area contributed by atoms with Crippen LogP contribution in [-0.2, 0) is 22.5 Å². The Morgan fingerprint density at radius 1 is 1.13 bits per heavy atom. The summed E-state index contributed by atoms with van der Waals surface area (Å²) in [6, 6.07) is 13.2. The number of aromatic nitrogens is 2. The van der Waals surface area contributed by atoms with Crippen LogP contribution in [0.1, 0.15) is 43.6 Å². The molecule has 1 heterocycles. The summed E-state index contributed by atoms with van der Waals surface area (Å²) in [4.78, 5) is 29.4. The highest BCUT2D eigenvalue weighted by Gasteiger charge is 2.20. The molecule has 1 aromatic heterocycles. The molecule has 0 aliphatic heterocycles. The van der Waals surface area contributed by atoms with Crippen molar-refractivity contribution in [3.05, 3.63) is 53.6 Å². The van der Waals surface area contributed by atoms with Crippen LogP contribution in [-0.4, -0.2) is 33.3 Å². The minimum Gasteiger partial charge on any atom is -0.462 e. The van der Waals surface area contributed by atoms with Crippen LogP contribution in [0.4, 0.5) is 5.69 Å². The van der Waals surface area contributed by atoms with Gasteiger partial charge in [0.25, 0.3) is 0 Å². The van der Waals surface area contributed by atoms with Crippen LogP contribution in [0.2, 0.25) is 0 Å². The van der Waals surface area contributed by atoms with E-state index in [0.717, 1.165) is 22.8 Å². The Hall–Kier alpha value is -2.80. The fourth-order valence-corrected chi connectivity index (χ4v) is 4.11. The van der Waals surface area contributed by atoms with Gasteiger partial charge in [-0.25, -0.2) is 9.78 Å². The molecule has 0 saturated heterocycles. The number of nitrogens with zero attached hydrogens (tertiary/aromatic N) is 2. The molecule has 1 N–H and O–H groups in total. The predicted octanol–water partition coefficient (Wildman–Crippen LogP) is 4.91. The van der Waals surface area contributed by atoms with E-state index in [0.29, 0.717) is 24.2 Å². The SMILES string of the molecule is CCOC(=O)c1ccc2c(c1)nc(SC(C)C(=O)Nc1ccc(CC)cc1)n2CC. The molecular weight excluding hydrogens is 398 g/mol. The van der Waals surface area contributed by atoms with E-state index in [2.05, 4.69) is 21.8 Å². The van der Waals surface area contributed by atoms with Crippen molar-refractivity contribution in [2.24, 2.45) is 0 Å². The third-order valence-corrected chi connectivity index (χ3v) is 5.91. The average molecular weight is 426 g/mol. The second-order valence-corrected chi connectivity index (χ2v) is 8.17. The Balaban J connectivity index is 1.77. The van der Waals surface area contributed by atoms with E-state index < -0.39 is 0 Å². The van der Waals surface area contributed by atoms with Gasteiger partial charge in [0, 0.05) is 12.2 Å². The molecule has 1 atom stereocenters. The average Bonchev–Trinajstić information content (AvgIpc) is 3.10. The summed E-state index contributed by atoms with van der Waals surface area (Å²) in [7, 11) is 0. The summed E-state index contributed by atoms with van der Waals surface area (Å²) in [6.45, 7) is 8.82. The quantitative estimate of drug-likeness (QED) is 0.410. The molecule has 2 aromatic carbocycles. The van der Waals surface area contributed by atoms with Crippen LogP contribution in [0.25, 0.3) is 11.0 Å². The van der Waals surface area contributed by atoms with Gasteiger partial charge < -0.3 is 14.6 Å². The largest absolute Gasteiger partial charge is 0.462 e. The molecule has 1 unspecified atom stereocenters. The van der Waals surface area contributed by atoms with Crippen molar-refractivity contribution in [2.45, 2.75) is 51.1 Å². The minimum atomic E-state index is -0.360. The summed E-state index contributed by atoms with van der Waals surface area (Å²) in [6.07, 6.45) is 0.964. The Kier molecular flexibility index (Phi) is 7.15. The third kappa shape index (κ3) is 4.84. The zero-order valence-corrected chi connectivity index (χ0v) is 18.6. The third-order valence-electron chi connectivity index (χ3n) is 4.82. The molecule has 0 aliphatic rings. The Labute approximate surface area is 181 Å². The van der Waals surface area contributed by atoms with E-state index in [9.17, 15) is 9.59 Å². The first-order chi connectivity index (χ1) is 14.5. The lowest BCUT2D eigenvalue weighted by atomic mass is 10.1.